The van der Waals surface area contributed by atoms with Crippen molar-refractivity contribution in [2.75, 3.05) is 13.2 Å². The Kier molecular flexibility index (Phi) is 12.9. The van der Waals surface area contributed by atoms with Crippen LogP contribution in [0.3, 0.4) is 0 Å². The van der Waals surface area contributed by atoms with E-state index in [1.165, 1.54) is 17.1 Å². The summed E-state index contributed by atoms with van der Waals surface area (Å²) in [6, 6.07) is 5.49. The molecule has 0 aromatic heterocycles. The number of aryl methyl sites for hydroxylation is 1. The smallest absolute Gasteiger partial charge is 0.311 e. The fourth-order valence-electron chi connectivity index (χ4n) is 4.72. The van der Waals surface area contributed by atoms with E-state index in [4.69, 9.17) is 14.2 Å². The first kappa shape index (κ1) is 34.4. The summed E-state index contributed by atoms with van der Waals surface area (Å²) in [5, 5.41) is 30.1. The van der Waals surface area contributed by atoms with Gasteiger partial charge in [-0.3, -0.25) is 24.1 Å². The van der Waals surface area contributed by atoms with Crippen molar-refractivity contribution in [3.63, 3.8) is 0 Å². The molecule has 1 aromatic carbocycles. The largest absolute Gasteiger partial charge is 0.462 e. The number of hydrogen-bond donors (Lipinski definition) is 3. The highest BCUT2D eigenvalue weighted by atomic mass is 16.7. The number of unbranched alkanes of at least 4 members (excludes halogenated alkanes) is 4. The average molecular weight is 604 g/mol. The van der Waals surface area contributed by atoms with Gasteiger partial charge in [-0.15, -0.1) is 0 Å². The summed E-state index contributed by atoms with van der Waals surface area (Å²) in [5.74, 6) is -0.382. The maximum atomic E-state index is 12.3. The molecule has 0 radical (unpaired) electrons. The summed E-state index contributed by atoms with van der Waals surface area (Å²) >= 11 is 0. The van der Waals surface area contributed by atoms with E-state index in [9.17, 15) is 34.5 Å². The number of imide groups is 1. The van der Waals surface area contributed by atoms with Gasteiger partial charge < -0.3 is 29.5 Å². The van der Waals surface area contributed by atoms with Crippen molar-refractivity contribution in [1.29, 1.82) is 0 Å². The van der Waals surface area contributed by atoms with E-state index in [-0.39, 0.29) is 36.8 Å². The number of carbonyl (C=O) groups excluding carboxylic acids is 4. The summed E-state index contributed by atoms with van der Waals surface area (Å²) < 4.78 is 16.8. The van der Waals surface area contributed by atoms with Crippen molar-refractivity contribution >= 4 is 23.6 Å². The maximum absolute atomic E-state index is 12.3. The van der Waals surface area contributed by atoms with E-state index in [0.29, 0.717) is 43.5 Å². The molecule has 2 heterocycles. The molecule has 0 saturated carbocycles. The van der Waals surface area contributed by atoms with Gasteiger partial charge in [0.25, 0.3) is 11.8 Å². The summed E-state index contributed by atoms with van der Waals surface area (Å²) in [4.78, 5) is 48.9. The second-order valence-corrected chi connectivity index (χ2v) is 12.2. The lowest BCUT2D eigenvalue weighted by Gasteiger charge is -2.35. The van der Waals surface area contributed by atoms with Crippen LogP contribution in [0.1, 0.15) is 83.3 Å². The van der Waals surface area contributed by atoms with Gasteiger partial charge in [-0.25, -0.2) is 0 Å². The molecule has 238 valence electrons. The predicted octanol–water partition coefficient (Wildman–Crippen LogP) is 2.75. The van der Waals surface area contributed by atoms with Crippen molar-refractivity contribution in [2.45, 2.75) is 110 Å². The second kappa shape index (κ2) is 16.1. The van der Waals surface area contributed by atoms with Gasteiger partial charge in [0.05, 0.1) is 12.0 Å². The first-order valence-electron chi connectivity index (χ1n) is 15.0. The number of rotatable bonds is 16. The number of aliphatic hydroxyl groups excluding tert-OH is 3. The van der Waals surface area contributed by atoms with Crippen molar-refractivity contribution in [2.24, 2.45) is 5.41 Å². The van der Waals surface area contributed by atoms with Gasteiger partial charge in [0.2, 0.25) is 6.29 Å². The number of ketones is 1. The van der Waals surface area contributed by atoms with Gasteiger partial charge in [0, 0.05) is 37.1 Å². The molecular formula is C32H45NO10. The molecule has 1 saturated heterocycles. The number of ether oxygens (including phenoxy) is 3. The van der Waals surface area contributed by atoms with Crippen molar-refractivity contribution in [1.82, 2.24) is 4.90 Å². The quantitative estimate of drug-likeness (QED) is 0.146. The highest BCUT2D eigenvalue weighted by Crippen LogP contribution is 2.28. The Bertz CT molecular complexity index is 1140. The molecule has 3 N–H and O–H groups in total. The molecule has 0 aliphatic carbocycles. The Morgan fingerprint density at radius 3 is 2.23 bits per heavy atom. The summed E-state index contributed by atoms with van der Waals surface area (Å²) in [6.45, 7) is 5.40. The van der Waals surface area contributed by atoms with E-state index in [2.05, 4.69) is 0 Å². The molecular weight excluding hydrogens is 558 g/mol. The SMILES string of the molecule is CC(C)(C)C(=O)OCc1ccc(CCCCCC(=O)CCCCCN2C(=O)C=CC2=O)cc1O[C@@H]1OC[C@H](O)[C@@H](O)[C@@H]1O. The van der Waals surface area contributed by atoms with Gasteiger partial charge in [-0.05, 0) is 64.5 Å². The first-order chi connectivity index (χ1) is 20.4. The normalized spacial score (nSPS) is 22.2. The monoisotopic (exact) mass is 603 g/mol. The Labute approximate surface area is 252 Å². The van der Waals surface area contributed by atoms with Crippen LogP contribution in [-0.4, -0.2) is 81.5 Å². The molecule has 1 aromatic rings. The third-order valence-electron chi connectivity index (χ3n) is 7.46. The van der Waals surface area contributed by atoms with Gasteiger partial charge >= 0.3 is 5.97 Å². The zero-order valence-electron chi connectivity index (χ0n) is 25.3. The minimum atomic E-state index is -1.47. The zero-order valence-corrected chi connectivity index (χ0v) is 25.3. The van der Waals surface area contributed by atoms with Gasteiger partial charge in [0.1, 0.15) is 36.5 Å². The molecule has 1 fully saturated rings. The molecule has 11 heteroatoms. The molecule has 4 atom stereocenters. The number of amides is 2. The maximum Gasteiger partial charge on any atom is 0.311 e. The Morgan fingerprint density at radius 2 is 1.58 bits per heavy atom. The highest BCUT2D eigenvalue weighted by molar-refractivity contribution is 6.12. The summed E-state index contributed by atoms with van der Waals surface area (Å²) in [6.07, 6.45) is 3.60. The molecule has 43 heavy (non-hydrogen) atoms. The fraction of sp³-hybridized carbons (Fsp3) is 0.625. The minimum Gasteiger partial charge on any atom is -0.462 e. The second-order valence-electron chi connectivity index (χ2n) is 12.2. The Morgan fingerprint density at radius 1 is 0.930 bits per heavy atom. The van der Waals surface area contributed by atoms with Crippen LogP contribution in [0, 0.1) is 5.41 Å². The lowest BCUT2D eigenvalue weighted by atomic mass is 9.97. The molecule has 0 spiro atoms. The third-order valence-corrected chi connectivity index (χ3v) is 7.46. The van der Waals surface area contributed by atoms with Crippen molar-refractivity contribution in [3.8, 4) is 5.75 Å². The summed E-state index contributed by atoms with van der Waals surface area (Å²) in [7, 11) is 0. The molecule has 2 aliphatic heterocycles. The van der Waals surface area contributed by atoms with E-state index >= 15 is 0 Å². The topological polar surface area (TPSA) is 160 Å². The van der Waals surface area contributed by atoms with Crippen LogP contribution in [-0.2, 0) is 41.7 Å². The van der Waals surface area contributed by atoms with Crippen LogP contribution >= 0.6 is 0 Å². The molecule has 0 bridgehead atoms. The number of aliphatic hydroxyl groups is 3. The lowest BCUT2D eigenvalue weighted by molar-refractivity contribution is -0.242. The standard InChI is InChI=1S/C32H45NO10/c1-32(2,3)31(40)42-19-22-14-13-21(18-25(22)43-30-29(39)28(38)24(35)20-41-30)10-6-4-7-11-23(34)12-8-5-9-17-33-26(36)15-16-27(33)37/h13-16,18,24,28-30,35,38-39H,4-12,17,19-20H2,1-3H3/t24-,28+,29-,30-/m0/s1. The number of nitrogens with zero attached hydrogens (tertiary/aromatic N) is 1. The Balaban J connectivity index is 1.43. The highest BCUT2D eigenvalue weighted by Gasteiger charge is 2.39. The van der Waals surface area contributed by atoms with Crippen molar-refractivity contribution in [3.05, 3.63) is 41.5 Å². The summed E-state index contributed by atoms with van der Waals surface area (Å²) in [5.41, 5.74) is 0.835. The third kappa shape index (κ3) is 10.5. The van der Waals surface area contributed by atoms with E-state index in [0.717, 1.165) is 37.7 Å². The van der Waals surface area contributed by atoms with Crippen LogP contribution in [0.15, 0.2) is 30.4 Å². The fourth-order valence-corrected chi connectivity index (χ4v) is 4.72. The number of benzene rings is 1. The first-order valence-corrected chi connectivity index (χ1v) is 15.0. The van der Waals surface area contributed by atoms with Crippen LogP contribution in [0.25, 0.3) is 0 Å². The van der Waals surface area contributed by atoms with E-state index in [1.807, 2.05) is 6.07 Å². The van der Waals surface area contributed by atoms with Gasteiger partial charge in [-0.2, -0.15) is 0 Å². The molecule has 2 aliphatic rings. The number of esters is 1. The van der Waals surface area contributed by atoms with Crippen LogP contribution in [0.5, 0.6) is 5.75 Å². The number of carbonyl (C=O) groups is 4. The van der Waals surface area contributed by atoms with Crippen molar-refractivity contribution < 1.29 is 48.7 Å². The zero-order chi connectivity index (χ0) is 31.6. The number of hydrogen-bond acceptors (Lipinski definition) is 10. The van der Waals surface area contributed by atoms with E-state index in [1.54, 1.807) is 32.9 Å². The molecule has 0 unspecified atom stereocenters. The number of Topliss-reactive ketones (excluding diaryl/α,β-unsaturated/α-hetero) is 1. The van der Waals surface area contributed by atoms with Crippen LogP contribution in [0.2, 0.25) is 0 Å². The molecule has 11 nitrogen and oxygen atoms in total. The average Bonchev–Trinajstić information content (AvgIpc) is 3.28. The minimum absolute atomic E-state index is 0.0481. The lowest BCUT2D eigenvalue weighted by Crippen LogP contribution is -2.54. The Hall–Kier alpha value is -3.12. The molecule has 3 rings (SSSR count). The molecule has 2 amide bonds. The predicted molar refractivity (Wildman–Crippen MR) is 156 cm³/mol. The van der Waals surface area contributed by atoms with Crippen LogP contribution in [0.4, 0.5) is 0 Å². The van der Waals surface area contributed by atoms with Crippen LogP contribution < -0.4 is 4.74 Å². The van der Waals surface area contributed by atoms with Gasteiger partial charge in [0.15, 0.2) is 0 Å². The van der Waals surface area contributed by atoms with Gasteiger partial charge in [-0.1, -0.05) is 25.0 Å². The van der Waals surface area contributed by atoms with E-state index < -0.39 is 30.0 Å².